The molecule has 1 heterocycles. The molecule has 1 aliphatic carbocycles. The van der Waals surface area contributed by atoms with Crippen LogP contribution in [0.5, 0.6) is 0 Å². The van der Waals surface area contributed by atoms with Gasteiger partial charge in [-0.3, -0.25) is 4.68 Å². The van der Waals surface area contributed by atoms with Gasteiger partial charge in [-0.05, 0) is 50.3 Å². The highest BCUT2D eigenvalue weighted by Crippen LogP contribution is 2.46. The number of hydrogen-bond donors (Lipinski definition) is 0. The molecule has 124 valence electrons. The summed E-state index contributed by atoms with van der Waals surface area (Å²) in [6.07, 6.45) is 4.77. The maximum absolute atomic E-state index is 14.9. The molecule has 2 nitrogen and oxygen atoms in total. The summed E-state index contributed by atoms with van der Waals surface area (Å²) in [4.78, 5) is 0. The Morgan fingerprint density at radius 1 is 1.09 bits per heavy atom. The topological polar surface area (TPSA) is 17.8 Å². The summed E-state index contributed by atoms with van der Waals surface area (Å²) in [5.74, 6) is -0.349. The molecule has 0 unspecified atom stereocenters. The standard InChI is InChI=1S/C19H24F2N2/c1-18(2,19(3,4)21)16-14(20)10-9-12-7-6-8-13-11-23(5)22-17(13)15(12)16/h9-11H,6-8H2,1-5H3. The van der Waals surface area contributed by atoms with Gasteiger partial charge in [-0.2, -0.15) is 5.10 Å². The number of hydrogen-bond acceptors (Lipinski definition) is 1. The minimum atomic E-state index is -1.55. The van der Waals surface area contributed by atoms with Crippen molar-refractivity contribution >= 4 is 0 Å². The predicted octanol–water partition coefficient (Wildman–Crippen LogP) is 4.74. The van der Waals surface area contributed by atoms with Crippen LogP contribution in [0.1, 0.15) is 50.8 Å². The van der Waals surface area contributed by atoms with Gasteiger partial charge in [0.05, 0.1) is 5.69 Å². The van der Waals surface area contributed by atoms with E-state index < -0.39 is 11.1 Å². The summed E-state index contributed by atoms with van der Waals surface area (Å²) in [5.41, 5.74) is 1.73. The predicted molar refractivity (Wildman–Crippen MR) is 88.8 cm³/mol. The molecular formula is C19H24F2N2. The molecule has 0 atom stereocenters. The van der Waals surface area contributed by atoms with Gasteiger partial charge in [0.15, 0.2) is 0 Å². The maximum atomic E-state index is 14.9. The van der Waals surface area contributed by atoms with Crippen molar-refractivity contribution in [3.63, 3.8) is 0 Å². The van der Waals surface area contributed by atoms with E-state index in [4.69, 9.17) is 0 Å². The lowest BCUT2D eigenvalue weighted by molar-refractivity contribution is 0.112. The normalized spacial score (nSPS) is 15.1. The van der Waals surface area contributed by atoms with Crippen molar-refractivity contribution in [2.45, 2.75) is 58.0 Å². The van der Waals surface area contributed by atoms with Gasteiger partial charge in [0.2, 0.25) is 0 Å². The van der Waals surface area contributed by atoms with E-state index in [0.29, 0.717) is 5.56 Å². The molecule has 0 bridgehead atoms. The Morgan fingerprint density at radius 2 is 1.74 bits per heavy atom. The summed E-state index contributed by atoms with van der Waals surface area (Å²) in [5, 5.41) is 4.58. The van der Waals surface area contributed by atoms with E-state index in [-0.39, 0.29) is 5.82 Å². The molecule has 0 fully saturated rings. The Kier molecular flexibility index (Phi) is 3.62. The zero-order chi connectivity index (χ0) is 17.0. The van der Waals surface area contributed by atoms with Gasteiger partial charge in [0, 0.05) is 29.8 Å². The summed E-state index contributed by atoms with van der Waals surface area (Å²) in [7, 11) is 1.87. The summed E-state index contributed by atoms with van der Waals surface area (Å²) < 4.78 is 31.5. The summed E-state index contributed by atoms with van der Waals surface area (Å²) in [6, 6.07) is 3.31. The lowest BCUT2D eigenvalue weighted by Gasteiger charge is -2.37. The Balaban J connectivity index is 2.37. The van der Waals surface area contributed by atoms with Gasteiger partial charge in [0.1, 0.15) is 11.5 Å². The van der Waals surface area contributed by atoms with Crippen LogP contribution in [0.3, 0.4) is 0 Å². The number of nitrogens with zero attached hydrogens (tertiary/aromatic N) is 2. The second-order valence-electron chi connectivity index (χ2n) is 7.58. The molecule has 1 aliphatic rings. The van der Waals surface area contributed by atoms with Crippen molar-refractivity contribution in [3.8, 4) is 11.3 Å². The van der Waals surface area contributed by atoms with Crippen molar-refractivity contribution in [3.05, 3.63) is 40.8 Å². The molecule has 1 aromatic heterocycles. The highest BCUT2D eigenvalue weighted by molar-refractivity contribution is 5.73. The second kappa shape index (κ2) is 5.15. The quantitative estimate of drug-likeness (QED) is 0.782. The first-order chi connectivity index (χ1) is 10.6. The van der Waals surface area contributed by atoms with Crippen molar-refractivity contribution < 1.29 is 8.78 Å². The zero-order valence-corrected chi connectivity index (χ0v) is 14.5. The first-order valence-corrected chi connectivity index (χ1v) is 8.16. The van der Waals surface area contributed by atoms with Gasteiger partial charge in [0.25, 0.3) is 0 Å². The van der Waals surface area contributed by atoms with Gasteiger partial charge >= 0.3 is 0 Å². The van der Waals surface area contributed by atoms with Gasteiger partial charge in [-0.25, -0.2) is 8.78 Å². The molecule has 23 heavy (non-hydrogen) atoms. The first-order valence-electron chi connectivity index (χ1n) is 8.16. The van der Waals surface area contributed by atoms with Gasteiger partial charge in [-0.15, -0.1) is 0 Å². The van der Waals surface area contributed by atoms with Crippen LogP contribution >= 0.6 is 0 Å². The van der Waals surface area contributed by atoms with Crippen LogP contribution < -0.4 is 0 Å². The molecule has 0 amide bonds. The van der Waals surface area contributed by atoms with E-state index >= 15 is 0 Å². The number of rotatable bonds is 2. The number of alkyl halides is 1. The summed E-state index contributed by atoms with van der Waals surface area (Å²) in [6.45, 7) is 6.59. The minimum Gasteiger partial charge on any atom is -0.275 e. The molecule has 1 aromatic carbocycles. The SMILES string of the molecule is Cn1cc2c(n1)-c1c(ccc(F)c1C(C)(C)C(C)(C)F)CCC2. The van der Waals surface area contributed by atoms with Crippen molar-refractivity contribution in [2.75, 3.05) is 0 Å². The van der Waals surface area contributed by atoms with E-state index in [9.17, 15) is 8.78 Å². The largest absolute Gasteiger partial charge is 0.275 e. The smallest absolute Gasteiger partial charge is 0.127 e. The van der Waals surface area contributed by atoms with Crippen LogP contribution in [0.15, 0.2) is 18.3 Å². The molecular weight excluding hydrogens is 294 g/mol. The fourth-order valence-electron chi connectivity index (χ4n) is 3.41. The van der Waals surface area contributed by atoms with Gasteiger partial charge < -0.3 is 0 Å². The number of benzene rings is 1. The third-order valence-corrected chi connectivity index (χ3v) is 5.39. The first kappa shape index (κ1) is 16.2. The molecule has 0 saturated heterocycles. The van der Waals surface area contributed by atoms with Crippen LogP contribution in [-0.2, 0) is 25.3 Å². The van der Waals surface area contributed by atoms with Crippen LogP contribution in [0.4, 0.5) is 8.78 Å². The van der Waals surface area contributed by atoms with E-state index in [1.165, 1.54) is 19.9 Å². The van der Waals surface area contributed by atoms with Crippen LogP contribution in [0, 0.1) is 5.82 Å². The fourth-order valence-corrected chi connectivity index (χ4v) is 3.41. The Labute approximate surface area is 136 Å². The Hall–Kier alpha value is -1.71. The highest BCUT2D eigenvalue weighted by Gasteiger charge is 2.43. The fraction of sp³-hybridized carbons (Fsp3) is 0.526. The number of halogens is 2. The van der Waals surface area contributed by atoms with Crippen LogP contribution in [-0.4, -0.2) is 15.4 Å². The maximum Gasteiger partial charge on any atom is 0.127 e. The summed E-state index contributed by atoms with van der Waals surface area (Å²) >= 11 is 0. The van der Waals surface area contributed by atoms with Crippen molar-refractivity contribution in [2.24, 2.45) is 7.05 Å². The Bertz CT molecular complexity index is 751. The van der Waals surface area contributed by atoms with Crippen molar-refractivity contribution in [1.29, 1.82) is 0 Å². The second-order valence-corrected chi connectivity index (χ2v) is 7.58. The highest BCUT2D eigenvalue weighted by atomic mass is 19.1. The molecule has 0 N–H and O–H groups in total. The van der Waals surface area contributed by atoms with Crippen LogP contribution in [0.25, 0.3) is 11.3 Å². The average Bonchev–Trinajstić information content (AvgIpc) is 2.71. The zero-order valence-electron chi connectivity index (χ0n) is 14.5. The molecule has 0 spiro atoms. The average molecular weight is 318 g/mol. The van der Waals surface area contributed by atoms with Gasteiger partial charge in [-0.1, -0.05) is 19.9 Å². The molecule has 2 aromatic rings. The van der Waals surface area contributed by atoms with E-state index in [1.807, 2.05) is 19.3 Å². The molecule has 0 radical (unpaired) electrons. The van der Waals surface area contributed by atoms with E-state index in [2.05, 4.69) is 5.10 Å². The molecule has 0 aliphatic heterocycles. The molecule has 3 rings (SSSR count). The van der Waals surface area contributed by atoms with E-state index in [0.717, 1.165) is 41.6 Å². The molecule has 4 heteroatoms. The lowest BCUT2D eigenvalue weighted by Crippen LogP contribution is -2.40. The minimum absolute atomic E-state index is 0.349. The molecule has 0 saturated carbocycles. The number of fused-ring (bicyclic) bond motifs is 3. The van der Waals surface area contributed by atoms with Crippen molar-refractivity contribution in [1.82, 2.24) is 9.78 Å². The Morgan fingerprint density at radius 3 is 2.39 bits per heavy atom. The lowest BCUT2D eigenvalue weighted by atomic mass is 9.70. The third-order valence-electron chi connectivity index (χ3n) is 5.39. The number of aryl methyl sites for hydroxylation is 3. The third kappa shape index (κ3) is 2.48. The monoisotopic (exact) mass is 318 g/mol. The van der Waals surface area contributed by atoms with Crippen LogP contribution in [0.2, 0.25) is 0 Å². The number of aromatic nitrogens is 2. The van der Waals surface area contributed by atoms with E-state index in [1.54, 1.807) is 18.5 Å².